The number of benzene rings is 2. The van der Waals surface area contributed by atoms with E-state index < -0.39 is 5.97 Å². The van der Waals surface area contributed by atoms with Crippen LogP contribution in [0.1, 0.15) is 25.3 Å². The first-order valence-corrected chi connectivity index (χ1v) is 9.33. The zero-order valence-electron chi connectivity index (χ0n) is 16.6. The summed E-state index contributed by atoms with van der Waals surface area (Å²) in [5, 5.41) is 6.41. The van der Waals surface area contributed by atoms with Crippen LogP contribution in [0.3, 0.4) is 0 Å². The van der Waals surface area contributed by atoms with Gasteiger partial charge in [-0.1, -0.05) is 47.6 Å². The van der Waals surface area contributed by atoms with E-state index in [1.165, 1.54) is 13.0 Å². The van der Waals surface area contributed by atoms with Crippen molar-refractivity contribution in [3.63, 3.8) is 0 Å². The second-order valence-electron chi connectivity index (χ2n) is 6.17. The molecule has 8 nitrogen and oxygen atoms in total. The van der Waals surface area contributed by atoms with Gasteiger partial charge in [-0.05, 0) is 30.7 Å². The molecule has 0 bridgehead atoms. The van der Waals surface area contributed by atoms with Gasteiger partial charge in [-0.2, -0.15) is 4.98 Å². The molecule has 154 valence electrons. The Labute approximate surface area is 173 Å². The first-order valence-electron chi connectivity index (χ1n) is 9.33. The van der Waals surface area contributed by atoms with Crippen LogP contribution in [0.2, 0.25) is 0 Å². The predicted octanol–water partition coefficient (Wildman–Crippen LogP) is 3.36. The van der Waals surface area contributed by atoms with E-state index in [1.54, 1.807) is 12.1 Å². The Hall–Kier alpha value is -3.94. The van der Waals surface area contributed by atoms with Crippen LogP contribution in [0.4, 0.5) is 0 Å². The molecule has 1 N–H and O–H groups in total. The Morgan fingerprint density at radius 3 is 2.57 bits per heavy atom. The highest BCUT2D eigenvalue weighted by atomic mass is 16.6. The molecule has 0 saturated heterocycles. The topological polar surface area (TPSA) is 104 Å². The van der Waals surface area contributed by atoms with E-state index in [9.17, 15) is 9.59 Å². The molecular weight excluding hydrogens is 386 g/mol. The number of esters is 1. The summed E-state index contributed by atoms with van der Waals surface area (Å²) in [6.07, 6.45) is 1.53. The van der Waals surface area contributed by atoms with Gasteiger partial charge in [0, 0.05) is 6.92 Å². The Balaban J connectivity index is 1.71. The summed E-state index contributed by atoms with van der Waals surface area (Å²) in [5.41, 5.74) is 1.42. The average Bonchev–Trinajstić information content (AvgIpc) is 3.21. The number of nitrogens with zero attached hydrogens (tertiary/aromatic N) is 2. The Morgan fingerprint density at radius 1 is 1.10 bits per heavy atom. The summed E-state index contributed by atoms with van der Waals surface area (Å²) in [6, 6.07) is 16.4. The SMILES string of the molecule is CCOc1ccccc1-c1noc(COC(=O)/C(=C/c2ccccc2)NC(C)=O)n1. The zero-order valence-corrected chi connectivity index (χ0v) is 16.6. The number of ether oxygens (including phenoxy) is 2. The van der Waals surface area contributed by atoms with Gasteiger partial charge in [0.15, 0.2) is 6.61 Å². The number of rotatable bonds is 8. The molecule has 2 aromatic carbocycles. The van der Waals surface area contributed by atoms with E-state index in [-0.39, 0.29) is 24.1 Å². The van der Waals surface area contributed by atoms with Crippen molar-refractivity contribution in [2.75, 3.05) is 6.61 Å². The molecule has 0 saturated carbocycles. The van der Waals surface area contributed by atoms with Crippen LogP contribution in [-0.4, -0.2) is 28.6 Å². The van der Waals surface area contributed by atoms with Gasteiger partial charge in [0.2, 0.25) is 11.7 Å². The summed E-state index contributed by atoms with van der Waals surface area (Å²) in [5.74, 6) is -0.0353. The molecule has 0 atom stereocenters. The second-order valence-corrected chi connectivity index (χ2v) is 6.17. The highest BCUT2D eigenvalue weighted by Gasteiger charge is 2.17. The van der Waals surface area contributed by atoms with E-state index >= 15 is 0 Å². The molecule has 0 aliphatic rings. The van der Waals surface area contributed by atoms with Crippen molar-refractivity contribution >= 4 is 18.0 Å². The van der Waals surface area contributed by atoms with Crippen molar-refractivity contribution in [2.45, 2.75) is 20.5 Å². The number of hydrogen-bond donors (Lipinski definition) is 1. The smallest absolute Gasteiger partial charge is 0.355 e. The molecule has 0 fully saturated rings. The monoisotopic (exact) mass is 407 g/mol. The van der Waals surface area contributed by atoms with Gasteiger partial charge >= 0.3 is 5.97 Å². The molecule has 1 amide bonds. The van der Waals surface area contributed by atoms with Gasteiger partial charge in [0.25, 0.3) is 5.89 Å². The lowest BCUT2D eigenvalue weighted by Gasteiger charge is -2.07. The number of carbonyl (C=O) groups is 2. The highest BCUT2D eigenvalue weighted by molar-refractivity contribution is 5.97. The highest BCUT2D eigenvalue weighted by Crippen LogP contribution is 2.27. The van der Waals surface area contributed by atoms with Crippen molar-refractivity contribution in [3.8, 4) is 17.1 Å². The quantitative estimate of drug-likeness (QED) is 0.451. The lowest BCUT2D eigenvalue weighted by Crippen LogP contribution is -2.26. The standard InChI is InChI=1S/C22H21N3O5/c1-3-28-19-12-8-7-11-17(19)21-24-20(30-25-21)14-29-22(27)18(23-15(2)26)13-16-9-5-4-6-10-16/h4-13H,3,14H2,1-2H3,(H,23,26)/b18-13-. The zero-order chi connectivity index (χ0) is 21.3. The molecular formula is C22H21N3O5. The van der Waals surface area contributed by atoms with Crippen molar-refractivity contribution < 1.29 is 23.6 Å². The third-order valence-electron chi connectivity index (χ3n) is 3.86. The number of para-hydroxylation sites is 1. The Bertz CT molecular complexity index is 1040. The maximum absolute atomic E-state index is 12.5. The molecule has 0 aliphatic heterocycles. The van der Waals surface area contributed by atoms with Crippen LogP contribution < -0.4 is 10.1 Å². The Kier molecular flexibility index (Phi) is 6.94. The van der Waals surface area contributed by atoms with Gasteiger partial charge in [-0.3, -0.25) is 4.79 Å². The van der Waals surface area contributed by atoms with Crippen LogP contribution in [0.25, 0.3) is 17.5 Å². The summed E-state index contributed by atoms with van der Waals surface area (Å²) in [7, 11) is 0. The predicted molar refractivity (Wildman–Crippen MR) is 109 cm³/mol. The first-order chi connectivity index (χ1) is 14.6. The molecule has 0 radical (unpaired) electrons. The van der Waals surface area contributed by atoms with E-state index in [1.807, 2.05) is 49.4 Å². The third kappa shape index (κ3) is 5.54. The molecule has 0 spiro atoms. The van der Waals surface area contributed by atoms with E-state index in [0.29, 0.717) is 23.7 Å². The number of aromatic nitrogens is 2. The van der Waals surface area contributed by atoms with E-state index in [4.69, 9.17) is 14.0 Å². The summed E-state index contributed by atoms with van der Waals surface area (Å²) in [6.45, 7) is 3.45. The van der Waals surface area contributed by atoms with Crippen LogP contribution in [-0.2, 0) is 20.9 Å². The fourth-order valence-corrected chi connectivity index (χ4v) is 2.61. The third-order valence-corrected chi connectivity index (χ3v) is 3.86. The fraction of sp³-hybridized carbons (Fsp3) is 0.182. The molecule has 30 heavy (non-hydrogen) atoms. The molecule has 8 heteroatoms. The van der Waals surface area contributed by atoms with Gasteiger partial charge in [-0.25, -0.2) is 4.79 Å². The van der Waals surface area contributed by atoms with E-state index in [2.05, 4.69) is 15.5 Å². The summed E-state index contributed by atoms with van der Waals surface area (Å²) in [4.78, 5) is 28.2. The fourth-order valence-electron chi connectivity index (χ4n) is 2.61. The van der Waals surface area contributed by atoms with Gasteiger partial charge < -0.3 is 19.3 Å². The normalized spacial score (nSPS) is 11.1. The second kappa shape index (κ2) is 10.0. The van der Waals surface area contributed by atoms with Gasteiger partial charge in [-0.15, -0.1) is 0 Å². The first kappa shape index (κ1) is 20.8. The molecule has 0 aliphatic carbocycles. The van der Waals surface area contributed by atoms with Gasteiger partial charge in [0.1, 0.15) is 11.4 Å². The minimum Gasteiger partial charge on any atom is -0.493 e. The van der Waals surface area contributed by atoms with Gasteiger partial charge in [0.05, 0.1) is 12.2 Å². The number of nitrogens with one attached hydrogen (secondary N) is 1. The average molecular weight is 407 g/mol. The molecule has 3 rings (SSSR count). The lowest BCUT2D eigenvalue weighted by atomic mass is 10.2. The van der Waals surface area contributed by atoms with Crippen LogP contribution in [0.5, 0.6) is 5.75 Å². The summed E-state index contributed by atoms with van der Waals surface area (Å²) >= 11 is 0. The van der Waals surface area contributed by atoms with Crippen LogP contribution in [0.15, 0.2) is 64.8 Å². The van der Waals surface area contributed by atoms with Crippen molar-refractivity contribution in [1.29, 1.82) is 0 Å². The van der Waals surface area contributed by atoms with Crippen molar-refractivity contribution in [2.24, 2.45) is 0 Å². The lowest BCUT2D eigenvalue weighted by molar-refractivity contribution is -0.142. The van der Waals surface area contributed by atoms with Crippen LogP contribution in [0, 0.1) is 0 Å². The van der Waals surface area contributed by atoms with E-state index in [0.717, 1.165) is 5.56 Å². The molecule has 1 aromatic heterocycles. The van der Waals surface area contributed by atoms with Crippen molar-refractivity contribution in [3.05, 3.63) is 71.7 Å². The van der Waals surface area contributed by atoms with Crippen molar-refractivity contribution in [1.82, 2.24) is 15.5 Å². The Morgan fingerprint density at radius 2 is 1.83 bits per heavy atom. The summed E-state index contributed by atoms with van der Waals surface area (Å²) < 4.78 is 16.0. The largest absolute Gasteiger partial charge is 0.493 e. The minimum absolute atomic E-state index is 0.00938. The number of hydrogen-bond acceptors (Lipinski definition) is 7. The minimum atomic E-state index is -0.719. The van der Waals surface area contributed by atoms with Crippen LogP contribution >= 0.6 is 0 Å². The molecule has 0 unspecified atom stereocenters. The maximum Gasteiger partial charge on any atom is 0.355 e. The maximum atomic E-state index is 12.5. The number of amides is 1. The molecule has 3 aromatic rings. The number of carbonyl (C=O) groups excluding carboxylic acids is 2. The molecule has 1 heterocycles.